The molecular formula is C10H15N5O4. The SMILES string of the molecule is COC(=O)CN(CC(=O)OC)c1cc(N)nc(N)n1. The molecule has 104 valence electrons. The molecule has 1 aromatic rings. The summed E-state index contributed by atoms with van der Waals surface area (Å²) >= 11 is 0. The normalized spacial score (nSPS) is 9.79. The van der Waals surface area contributed by atoms with Gasteiger partial charge in [0.15, 0.2) is 0 Å². The number of nitrogens with two attached hydrogens (primary N) is 2. The molecule has 0 saturated heterocycles. The molecule has 0 spiro atoms. The number of hydrogen-bond acceptors (Lipinski definition) is 9. The van der Waals surface area contributed by atoms with E-state index in [1.165, 1.54) is 25.2 Å². The second-order valence-corrected chi connectivity index (χ2v) is 3.52. The van der Waals surface area contributed by atoms with Crippen LogP contribution in [-0.4, -0.2) is 49.2 Å². The van der Waals surface area contributed by atoms with Gasteiger partial charge in [-0.25, -0.2) is 0 Å². The number of methoxy groups -OCH3 is 2. The number of ether oxygens (including phenoxy) is 2. The van der Waals surface area contributed by atoms with E-state index in [2.05, 4.69) is 19.4 Å². The van der Waals surface area contributed by atoms with Gasteiger partial charge in [0.25, 0.3) is 0 Å². The summed E-state index contributed by atoms with van der Waals surface area (Å²) < 4.78 is 9.08. The lowest BCUT2D eigenvalue weighted by Gasteiger charge is -2.21. The molecule has 0 aromatic carbocycles. The number of anilines is 3. The second kappa shape index (κ2) is 6.38. The summed E-state index contributed by atoms with van der Waals surface area (Å²) in [5.74, 6) is -0.780. The molecule has 9 heteroatoms. The minimum atomic E-state index is -0.542. The molecule has 1 rings (SSSR count). The first-order valence-corrected chi connectivity index (χ1v) is 5.25. The molecule has 0 radical (unpaired) electrons. The van der Waals surface area contributed by atoms with Crippen molar-refractivity contribution in [1.29, 1.82) is 0 Å². The zero-order chi connectivity index (χ0) is 14.4. The molecule has 1 aromatic heterocycles. The van der Waals surface area contributed by atoms with Crippen LogP contribution in [-0.2, 0) is 19.1 Å². The van der Waals surface area contributed by atoms with E-state index in [4.69, 9.17) is 11.5 Å². The highest BCUT2D eigenvalue weighted by Crippen LogP contribution is 2.15. The van der Waals surface area contributed by atoms with Crippen LogP contribution in [0.2, 0.25) is 0 Å². The highest BCUT2D eigenvalue weighted by atomic mass is 16.5. The van der Waals surface area contributed by atoms with Gasteiger partial charge in [0, 0.05) is 6.07 Å². The maximum absolute atomic E-state index is 11.3. The monoisotopic (exact) mass is 269 g/mol. The summed E-state index contributed by atoms with van der Waals surface area (Å²) in [5, 5.41) is 0. The zero-order valence-electron chi connectivity index (χ0n) is 10.6. The summed E-state index contributed by atoms with van der Waals surface area (Å²) in [6.45, 7) is -0.386. The number of carbonyl (C=O) groups excluding carboxylic acids is 2. The van der Waals surface area contributed by atoms with Gasteiger partial charge in [-0.05, 0) is 0 Å². The molecule has 0 aliphatic carbocycles. The van der Waals surface area contributed by atoms with Crippen LogP contribution in [0.4, 0.5) is 17.6 Å². The van der Waals surface area contributed by atoms with Crippen LogP contribution in [0.1, 0.15) is 0 Å². The molecule has 1 heterocycles. The summed E-state index contributed by atoms with van der Waals surface area (Å²) in [6, 6.07) is 1.39. The number of nitrogen functional groups attached to an aromatic ring is 2. The van der Waals surface area contributed by atoms with Crippen molar-refractivity contribution in [3.8, 4) is 0 Å². The van der Waals surface area contributed by atoms with Crippen molar-refractivity contribution >= 4 is 29.5 Å². The van der Waals surface area contributed by atoms with E-state index in [1.54, 1.807) is 0 Å². The lowest BCUT2D eigenvalue weighted by atomic mass is 10.4. The third-order valence-electron chi connectivity index (χ3n) is 2.17. The quantitative estimate of drug-likeness (QED) is 0.631. The maximum atomic E-state index is 11.3. The molecule has 0 aliphatic rings. The van der Waals surface area contributed by atoms with Crippen molar-refractivity contribution in [3.63, 3.8) is 0 Å². The summed E-state index contributed by atoms with van der Waals surface area (Å²) in [6.07, 6.45) is 0. The molecule has 0 aliphatic heterocycles. The maximum Gasteiger partial charge on any atom is 0.325 e. The molecule has 0 unspecified atom stereocenters. The Morgan fingerprint density at radius 3 is 2.11 bits per heavy atom. The van der Waals surface area contributed by atoms with Gasteiger partial charge in [0.05, 0.1) is 14.2 Å². The first kappa shape index (κ1) is 14.5. The Morgan fingerprint density at radius 1 is 1.16 bits per heavy atom. The van der Waals surface area contributed by atoms with Crippen molar-refractivity contribution in [3.05, 3.63) is 6.07 Å². The minimum absolute atomic E-state index is 0.0604. The average Bonchev–Trinajstić information content (AvgIpc) is 2.36. The van der Waals surface area contributed by atoms with Gasteiger partial charge in [-0.1, -0.05) is 0 Å². The Labute approximate surface area is 109 Å². The molecule has 0 fully saturated rings. The predicted octanol–water partition coefficient (Wildman–Crippen LogP) is -1.21. The van der Waals surface area contributed by atoms with Crippen molar-refractivity contribution in [1.82, 2.24) is 9.97 Å². The van der Waals surface area contributed by atoms with Crippen molar-refractivity contribution in [2.45, 2.75) is 0 Å². The molecule has 4 N–H and O–H groups in total. The first-order valence-electron chi connectivity index (χ1n) is 5.25. The second-order valence-electron chi connectivity index (χ2n) is 3.52. The van der Waals surface area contributed by atoms with Crippen LogP contribution in [0.3, 0.4) is 0 Å². The largest absolute Gasteiger partial charge is 0.468 e. The fourth-order valence-electron chi connectivity index (χ4n) is 1.29. The van der Waals surface area contributed by atoms with Gasteiger partial charge < -0.3 is 25.8 Å². The van der Waals surface area contributed by atoms with Gasteiger partial charge in [-0.3, -0.25) is 9.59 Å². The number of nitrogens with zero attached hydrogens (tertiary/aromatic N) is 3. The van der Waals surface area contributed by atoms with E-state index in [1.807, 2.05) is 0 Å². The van der Waals surface area contributed by atoms with Gasteiger partial charge in [0.1, 0.15) is 24.7 Å². The zero-order valence-corrected chi connectivity index (χ0v) is 10.6. The van der Waals surface area contributed by atoms with Crippen molar-refractivity contribution in [2.75, 3.05) is 43.7 Å². The van der Waals surface area contributed by atoms with Crippen LogP contribution in [0.15, 0.2) is 6.07 Å². The fourth-order valence-corrected chi connectivity index (χ4v) is 1.29. The third kappa shape index (κ3) is 4.30. The van der Waals surface area contributed by atoms with Crippen LogP contribution >= 0.6 is 0 Å². The molecule has 0 bridgehead atoms. The Balaban J connectivity index is 2.99. The van der Waals surface area contributed by atoms with Crippen LogP contribution in [0.25, 0.3) is 0 Å². The molecule has 0 saturated carbocycles. The number of aromatic nitrogens is 2. The van der Waals surface area contributed by atoms with Crippen LogP contribution in [0, 0.1) is 0 Å². The molecule has 19 heavy (non-hydrogen) atoms. The van der Waals surface area contributed by atoms with E-state index < -0.39 is 11.9 Å². The van der Waals surface area contributed by atoms with Crippen LogP contribution < -0.4 is 16.4 Å². The lowest BCUT2D eigenvalue weighted by molar-refractivity contribution is -0.140. The number of carbonyl (C=O) groups is 2. The number of rotatable bonds is 5. The topological polar surface area (TPSA) is 134 Å². The van der Waals surface area contributed by atoms with Crippen molar-refractivity contribution in [2.24, 2.45) is 0 Å². The van der Waals surface area contributed by atoms with Crippen LogP contribution in [0.5, 0.6) is 0 Å². The third-order valence-corrected chi connectivity index (χ3v) is 2.17. The Hall–Kier alpha value is -2.58. The molecule has 9 nitrogen and oxygen atoms in total. The minimum Gasteiger partial charge on any atom is -0.468 e. The summed E-state index contributed by atoms with van der Waals surface area (Å²) in [5.41, 5.74) is 11.0. The highest BCUT2D eigenvalue weighted by Gasteiger charge is 2.18. The van der Waals surface area contributed by atoms with Gasteiger partial charge in [-0.15, -0.1) is 0 Å². The Kier molecular flexibility index (Phi) is 4.86. The van der Waals surface area contributed by atoms with Gasteiger partial charge >= 0.3 is 11.9 Å². The van der Waals surface area contributed by atoms with E-state index in [-0.39, 0.29) is 30.7 Å². The van der Waals surface area contributed by atoms with Gasteiger partial charge in [-0.2, -0.15) is 9.97 Å². The van der Waals surface area contributed by atoms with E-state index in [9.17, 15) is 9.59 Å². The Morgan fingerprint density at radius 2 is 1.68 bits per heavy atom. The fraction of sp³-hybridized carbons (Fsp3) is 0.400. The van der Waals surface area contributed by atoms with E-state index >= 15 is 0 Å². The smallest absolute Gasteiger partial charge is 0.325 e. The molecule has 0 atom stereocenters. The highest BCUT2D eigenvalue weighted by molar-refractivity contribution is 5.81. The van der Waals surface area contributed by atoms with Gasteiger partial charge in [0.2, 0.25) is 5.95 Å². The summed E-state index contributed by atoms with van der Waals surface area (Å²) in [4.78, 5) is 31.6. The predicted molar refractivity (Wildman–Crippen MR) is 67.1 cm³/mol. The van der Waals surface area contributed by atoms with E-state index in [0.29, 0.717) is 0 Å². The molecule has 0 amide bonds. The standard InChI is InChI=1S/C10H15N5O4/c1-18-8(16)4-15(5-9(17)19-2)7-3-6(11)13-10(12)14-7/h3H,4-5H2,1-2H3,(H4,11,12,13,14). The first-order chi connectivity index (χ1) is 8.96. The number of hydrogen-bond donors (Lipinski definition) is 2. The van der Waals surface area contributed by atoms with E-state index in [0.717, 1.165) is 0 Å². The molecular weight excluding hydrogens is 254 g/mol. The Bertz CT molecular complexity index is 441. The summed E-state index contributed by atoms with van der Waals surface area (Å²) in [7, 11) is 2.47. The number of esters is 2. The lowest BCUT2D eigenvalue weighted by Crippen LogP contribution is -2.36. The average molecular weight is 269 g/mol. The van der Waals surface area contributed by atoms with Crippen molar-refractivity contribution < 1.29 is 19.1 Å².